The van der Waals surface area contributed by atoms with Gasteiger partial charge >= 0.3 is 5.97 Å². The zero-order valence-corrected chi connectivity index (χ0v) is 9.69. The van der Waals surface area contributed by atoms with Crippen molar-refractivity contribution in [3.8, 4) is 0 Å². The van der Waals surface area contributed by atoms with Crippen LogP contribution in [-0.4, -0.2) is 22.9 Å². The zero-order chi connectivity index (χ0) is 11.7. The molecule has 0 spiro atoms. The van der Waals surface area contributed by atoms with Crippen molar-refractivity contribution in [2.75, 3.05) is 5.75 Å². The Balaban J connectivity index is 2.17. The van der Waals surface area contributed by atoms with Gasteiger partial charge in [0.05, 0.1) is 5.37 Å². The van der Waals surface area contributed by atoms with E-state index in [1.54, 1.807) is 6.07 Å². The first-order valence-corrected chi connectivity index (χ1v) is 6.05. The van der Waals surface area contributed by atoms with Crippen molar-refractivity contribution in [2.24, 2.45) is 0 Å². The number of thioether (sulfide) groups is 1. The Morgan fingerprint density at radius 2 is 2.31 bits per heavy atom. The molecule has 0 aliphatic carbocycles. The second-order valence-electron chi connectivity index (χ2n) is 3.47. The van der Waals surface area contributed by atoms with E-state index in [0.717, 1.165) is 0 Å². The highest BCUT2D eigenvalue weighted by atomic mass is 35.5. The summed E-state index contributed by atoms with van der Waals surface area (Å²) >= 11 is 7.17. The number of nitrogens with one attached hydrogen (secondary N) is 1. The van der Waals surface area contributed by atoms with Gasteiger partial charge in [-0.05, 0) is 23.8 Å². The van der Waals surface area contributed by atoms with Crippen LogP contribution in [0, 0.1) is 5.82 Å². The fraction of sp³-hybridized carbons (Fsp3) is 0.300. The van der Waals surface area contributed by atoms with Crippen LogP contribution < -0.4 is 5.32 Å². The average molecular weight is 262 g/mol. The summed E-state index contributed by atoms with van der Waals surface area (Å²) in [5.41, 5.74) is 0.666. The van der Waals surface area contributed by atoms with Gasteiger partial charge in [-0.15, -0.1) is 11.8 Å². The maximum absolute atomic E-state index is 13.1. The summed E-state index contributed by atoms with van der Waals surface area (Å²) in [4.78, 5) is 10.7. The van der Waals surface area contributed by atoms with E-state index in [2.05, 4.69) is 5.32 Å². The lowest BCUT2D eigenvalue weighted by Gasteiger charge is -2.11. The highest BCUT2D eigenvalue weighted by Crippen LogP contribution is 2.34. The lowest BCUT2D eigenvalue weighted by atomic mass is 10.2. The topological polar surface area (TPSA) is 49.3 Å². The third-order valence-corrected chi connectivity index (χ3v) is 3.75. The molecular formula is C10H9ClFNO2S. The molecule has 1 aromatic rings. The normalized spacial score (nSPS) is 24.6. The summed E-state index contributed by atoms with van der Waals surface area (Å²) in [5, 5.41) is 11.8. The molecule has 1 saturated heterocycles. The van der Waals surface area contributed by atoms with Gasteiger partial charge in [0, 0.05) is 10.8 Å². The number of carboxylic acids is 1. The van der Waals surface area contributed by atoms with Gasteiger partial charge in [0.2, 0.25) is 0 Å². The fourth-order valence-electron chi connectivity index (χ4n) is 1.53. The standard InChI is InChI=1S/C10H9ClFNO2S/c11-6-1-5(2-7(12)3-6)9-13-8(4-16-9)10(14)15/h1-3,8-9,13H,4H2,(H,14,15)/t8-,9?/m0/s1. The Hall–Kier alpha value is -0.780. The third kappa shape index (κ3) is 2.48. The van der Waals surface area contributed by atoms with Crippen LogP contribution in [-0.2, 0) is 4.79 Å². The fourth-order valence-corrected chi connectivity index (χ4v) is 2.98. The SMILES string of the molecule is O=C(O)[C@@H]1CSC(c2cc(F)cc(Cl)c2)N1. The Morgan fingerprint density at radius 1 is 1.56 bits per heavy atom. The molecule has 1 aliphatic heterocycles. The van der Waals surface area contributed by atoms with Gasteiger partial charge in [0.15, 0.2) is 0 Å². The largest absolute Gasteiger partial charge is 0.480 e. The first-order chi connectivity index (χ1) is 7.56. The van der Waals surface area contributed by atoms with E-state index in [9.17, 15) is 9.18 Å². The number of carboxylic acid groups (broad SMARTS) is 1. The second kappa shape index (κ2) is 4.61. The highest BCUT2D eigenvalue weighted by Gasteiger charge is 2.30. The number of aliphatic carboxylic acids is 1. The molecule has 2 rings (SSSR count). The summed E-state index contributed by atoms with van der Waals surface area (Å²) in [5.74, 6) is -0.838. The maximum atomic E-state index is 13.1. The number of hydrogen-bond acceptors (Lipinski definition) is 3. The van der Waals surface area contributed by atoms with Crippen LogP contribution in [0.25, 0.3) is 0 Å². The van der Waals surface area contributed by atoms with Crippen LogP contribution in [0.2, 0.25) is 5.02 Å². The minimum atomic E-state index is -0.891. The Bertz CT molecular complexity index is 409. The Morgan fingerprint density at radius 3 is 2.88 bits per heavy atom. The van der Waals surface area contributed by atoms with Crippen molar-refractivity contribution in [1.29, 1.82) is 0 Å². The molecule has 1 unspecified atom stereocenters. The van der Waals surface area contributed by atoms with Crippen LogP contribution in [0.4, 0.5) is 4.39 Å². The van der Waals surface area contributed by atoms with Gasteiger partial charge in [-0.1, -0.05) is 11.6 Å². The molecule has 0 saturated carbocycles. The number of halogens is 2. The second-order valence-corrected chi connectivity index (χ2v) is 5.05. The molecule has 0 amide bonds. The van der Waals surface area contributed by atoms with E-state index < -0.39 is 17.8 Å². The minimum Gasteiger partial charge on any atom is -0.480 e. The van der Waals surface area contributed by atoms with Crippen molar-refractivity contribution >= 4 is 29.3 Å². The highest BCUT2D eigenvalue weighted by molar-refractivity contribution is 7.99. The molecule has 2 atom stereocenters. The lowest BCUT2D eigenvalue weighted by Crippen LogP contribution is -2.33. The van der Waals surface area contributed by atoms with Crippen molar-refractivity contribution < 1.29 is 14.3 Å². The molecule has 86 valence electrons. The quantitative estimate of drug-likeness (QED) is 0.858. The van der Waals surface area contributed by atoms with Crippen LogP contribution in [0.1, 0.15) is 10.9 Å². The number of benzene rings is 1. The molecule has 1 aliphatic rings. The first kappa shape index (κ1) is 11.7. The summed E-state index contributed by atoms with van der Waals surface area (Å²) < 4.78 is 13.1. The predicted molar refractivity (Wildman–Crippen MR) is 61.2 cm³/mol. The van der Waals surface area contributed by atoms with E-state index in [-0.39, 0.29) is 5.37 Å². The van der Waals surface area contributed by atoms with E-state index in [0.29, 0.717) is 16.3 Å². The van der Waals surface area contributed by atoms with Crippen molar-refractivity contribution in [2.45, 2.75) is 11.4 Å². The Labute approximate surface area is 101 Å². The van der Waals surface area contributed by atoms with Crippen LogP contribution in [0.15, 0.2) is 18.2 Å². The summed E-state index contributed by atoms with van der Waals surface area (Å²) in [6.07, 6.45) is 0. The molecule has 2 N–H and O–H groups in total. The molecular weight excluding hydrogens is 253 g/mol. The van der Waals surface area contributed by atoms with Gasteiger partial charge < -0.3 is 5.11 Å². The monoisotopic (exact) mass is 261 g/mol. The van der Waals surface area contributed by atoms with Gasteiger partial charge in [-0.2, -0.15) is 0 Å². The van der Waals surface area contributed by atoms with E-state index in [4.69, 9.17) is 16.7 Å². The predicted octanol–water partition coefficient (Wildman–Crippen LogP) is 2.27. The van der Waals surface area contributed by atoms with Crippen LogP contribution >= 0.6 is 23.4 Å². The van der Waals surface area contributed by atoms with Gasteiger partial charge in [-0.25, -0.2) is 4.39 Å². The van der Waals surface area contributed by atoms with Gasteiger partial charge in [0.25, 0.3) is 0 Å². The van der Waals surface area contributed by atoms with E-state index in [1.165, 1.54) is 23.9 Å². The molecule has 3 nitrogen and oxygen atoms in total. The summed E-state index contributed by atoms with van der Waals surface area (Å²) in [6, 6.07) is 3.64. The summed E-state index contributed by atoms with van der Waals surface area (Å²) in [6.45, 7) is 0. The molecule has 1 fully saturated rings. The molecule has 0 radical (unpaired) electrons. The van der Waals surface area contributed by atoms with E-state index in [1.807, 2.05) is 0 Å². The smallest absolute Gasteiger partial charge is 0.321 e. The van der Waals surface area contributed by atoms with Gasteiger partial charge in [-0.3, -0.25) is 10.1 Å². The van der Waals surface area contributed by atoms with Crippen molar-refractivity contribution in [1.82, 2.24) is 5.32 Å². The average Bonchev–Trinajstić information content (AvgIpc) is 2.64. The maximum Gasteiger partial charge on any atom is 0.321 e. The van der Waals surface area contributed by atoms with Gasteiger partial charge in [0.1, 0.15) is 11.9 Å². The lowest BCUT2D eigenvalue weighted by molar-refractivity contribution is -0.138. The van der Waals surface area contributed by atoms with Crippen LogP contribution in [0.5, 0.6) is 0 Å². The summed E-state index contributed by atoms with van der Waals surface area (Å²) in [7, 11) is 0. The molecule has 16 heavy (non-hydrogen) atoms. The van der Waals surface area contributed by atoms with Crippen molar-refractivity contribution in [3.05, 3.63) is 34.6 Å². The Kier molecular flexibility index (Phi) is 3.37. The molecule has 1 heterocycles. The molecule has 6 heteroatoms. The number of carbonyl (C=O) groups is 1. The van der Waals surface area contributed by atoms with Crippen LogP contribution in [0.3, 0.4) is 0 Å². The third-order valence-electron chi connectivity index (χ3n) is 2.27. The van der Waals surface area contributed by atoms with E-state index >= 15 is 0 Å². The van der Waals surface area contributed by atoms with Crippen molar-refractivity contribution in [3.63, 3.8) is 0 Å². The first-order valence-electron chi connectivity index (χ1n) is 4.63. The molecule has 1 aromatic carbocycles. The zero-order valence-electron chi connectivity index (χ0n) is 8.11. The number of rotatable bonds is 2. The minimum absolute atomic E-state index is 0.214. The molecule has 0 bridgehead atoms. The number of hydrogen-bond donors (Lipinski definition) is 2. The molecule has 0 aromatic heterocycles.